The van der Waals surface area contributed by atoms with E-state index in [0.29, 0.717) is 12.5 Å². The number of rotatable bonds is 9. The average molecular weight is 447 g/mol. The third kappa shape index (κ3) is 8.38. The quantitative estimate of drug-likeness (QED) is 0.407. The summed E-state index contributed by atoms with van der Waals surface area (Å²) < 4.78 is 10.9. The molecule has 9 nitrogen and oxygen atoms in total. The van der Waals surface area contributed by atoms with Crippen LogP contribution in [0.3, 0.4) is 0 Å². The molecule has 2 fully saturated rings. The lowest BCUT2D eigenvalue weighted by atomic mass is 10.1. The number of aliphatic imine (C=N–C) groups is 1. The largest absolute Gasteiger partial charge is 0.379 e. The van der Waals surface area contributed by atoms with E-state index in [-0.39, 0.29) is 12.5 Å². The zero-order valence-electron chi connectivity index (χ0n) is 19.5. The molecule has 0 unspecified atom stereocenters. The Labute approximate surface area is 191 Å². The molecule has 2 heterocycles. The van der Waals surface area contributed by atoms with Gasteiger partial charge in [-0.15, -0.1) is 0 Å². The molecule has 0 saturated carbocycles. The molecule has 178 valence electrons. The highest BCUT2D eigenvalue weighted by molar-refractivity contribution is 5.86. The van der Waals surface area contributed by atoms with Gasteiger partial charge in [0.15, 0.2) is 5.96 Å². The van der Waals surface area contributed by atoms with E-state index >= 15 is 0 Å². The van der Waals surface area contributed by atoms with Crippen molar-refractivity contribution in [3.8, 4) is 0 Å². The van der Waals surface area contributed by atoms with Crippen LogP contribution in [0.15, 0.2) is 29.3 Å². The number of likely N-dealkylation sites (N-methyl/N-ethyl adjacent to an activating group) is 1. The standard InChI is InChI=1S/C23H38N6O3/c1-27(2)22(30)18-26-23(24-7-8-28-9-13-31-14-10-28)25-17-20-5-3-4-6-21(20)19-29-11-15-32-16-12-29/h3-6H,7-19H2,1-2H3,(H2,24,25,26). The lowest BCUT2D eigenvalue weighted by Gasteiger charge is -2.27. The van der Waals surface area contributed by atoms with Crippen LogP contribution in [0.1, 0.15) is 11.1 Å². The fourth-order valence-corrected chi connectivity index (χ4v) is 3.68. The maximum atomic E-state index is 12.1. The number of hydrogen-bond acceptors (Lipinski definition) is 6. The van der Waals surface area contributed by atoms with E-state index in [9.17, 15) is 4.79 Å². The third-order valence-electron chi connectivity index (χ3n) is 5.75. The van der Waals surface area contributed by atoms with Gasteiger partial charge in [0, 0.05) is 59.9 Å². The van der Waals surface area contributed by atoms with E-state index in [1.807, 2.05) is 0 Å². The van der Waals surface area contributed by atoms with Gasteiger partial charge in [0.25, 0.3) is 0 Å². The molecule has 0 spiro atoms. The minimum absolute atomic E-state index is 0.0143. The Morgan fingerprint density at radius 3 is 2.25 bits per heavy atom. The van der Waals surface area contributed by atoms with Gasteiger partial charge in [0.1, 0.15) is 0 Å². The Hall–Kier alpha value is -2.20. The summed E-state index contributed by atoms with van der Waals surface area (Å²) in [5.74, 6) is 0.676. The highest BCUT2D eigenvalue weighted by Crippen LogP contribution is 2.14. The molecule has 0 aliphatic carbocycles. The highest BCUT2D eigenvalue weighted by Gasteiger charge is 2.13. The fourth-order valence-electron chi connectivity index (χ4n) is 3.68. The van der Waals surface area contributed by atoms with Gasteiger partial charge in [0.05, 0.1) is 39.5 Å². The zero-order valence-corrected chi connectivity index (χ0v) is 19.5. The number of carbonyl (C=O) groups is 1. The molecule has 2 aliphatic heterocycles. The molecule has 2 aliphatic rings. The SMILES string of the molecule is CN(C)C(=O)CNC(=NCc1ccccc1CN1CCOCC1)NCCN1CCOCC1. The second-order valence-electron chi connectivity index (χ2n) is 8.34. The van der Waals surface area contributed by atoms with Gasteiger partial charge in [-0.05, 0) is 11.1 Å². The molecular weight excluding hydrogens is 408 g/mol. The first kappa shape index (κ1) is 24.4. The number of hydrogen-bond donors (Lipinski definition) is 2. The normalized spacial score (nSPS) is 18.4. The van der Waals surface area contributed by atoms with E-state index in [4.69, 9.17) is 14.5 Å². The molecule has 0 bridgehead atoms. The van der Waals surface area contributed by atoms with Crippen LogP contribution in [0.5, 0.6) is 0 Å². The second kappa shape index (κ2) is 13.4. The number of ether oxygens (including phenoxy) is 2. The molecule has 3 rings (SSSR count). The van der Waals surface area contributed by atoms with Crippen molar-refractivity contribution in [3.63, 3.8) is 0 Å². The van der Waals surface area contributed by atoms with E-state index < -0.39 is 0 Å². The van der Waals surface area contributed by atoms with Crippen LogP contribution in [-0.4, -0.2) is 113 Å². The molecule has 1 aromatic rings. The van der Waals surface area contributed by atoms with E-state index in [1.54, 1.807) is 19.0 Å². The number of benzene rings is 1. The Bertz CT molecular complexity index is 730. The van der Waals surface area contributed by atoms with Gasteiger partial charge in [-0.3, -0.25) is 14.6 Å². The van der Waals surface area contributed by atoms with Crippen LogP contribution in [0.25, 0.3) is 0 Å². The third-order valence-corrected chi connectivity index (χ3v) is 5.75. The van der Waals surface area contributed by atoms with Crippen LogP contribution in [0.2, 0.25) is 0 Å². The molecule has 0 radical (unpaired) electrons. The summed E-state index contributed by atoms with van der Waals surface area (Å²) in [4.78, 5) is 23.2. The van der Waals surface area contributed by atoms with Gasteiger partial charge < -0.3 is 25.0 Å². The molecule has 1 aromatic carbocycles. The van der Waals surface area contributed by atoms with E-state index in [1.165, 1.54) is 11.1 Å². The minimum Gasteiger partial charge on any atom is -0.379 e. The van der Waals surface area contributed by atoms with Crippen LogP contribution in [-0.2, 0) is 27.4 Å². The summed E-state index contributed by atoms with van der Waals surface area (Å²) in [6.45, 7) is 10.3. The van der Waals surface area contributed by atoms with Gasteiger partial charge in [-0.1, -0.05) is 24.3 Å². The number of morpholine rings is 2. The first-order chi connectivity index (χ1) is 15.6. The van der Waals surface area contributed by atoms with Crippen molar-refractivity contribution in [1.82, 2.24) is 25.3 Å². The predicted molar refractivity (Wildman–Crippen MR) is 126 cm³/mol. The molecule has 1 amide bonds. The number of carbonyl (C=O) groups excluding carboxylic acids is 1. The van der Waals surface area contributed by atoms with Gasteiger partial charge in [-0.25, -0.2) is 4.99 Å². The maximum Gasteiger partial charge on any atom is 0.241 e. The summed E-state index contributed by atoms with van der Waals surface area (Å²) in [7, 11) is 3.52. The first-order valence-electron chi connectivity index (χ1n) is 11.5. The number of nitrogens with one attached hydrogen (secondary N) is 2. The Balaban J connectivity index is 1.59. The first-order valence-corrected chi connectivity index (χ1v) is 11.5. The average Bonchev–Trinajstić information content (AvgIpc) is 2.82. The summed E-state index contributed by atoms with van der Waals surface area (Å²) in [6, 6.07) is 8.45. The zero-order chi connectivity index (χ0) is 22.6. The van der Waals surface area contributed by atoms with Gasteiger partial charge in [0.2, 0.25) is 5.91 Å². The molecule has 2 N–H and O–H groups in total. The van der Waals surface area contributed by atoms with Crippen molar-refractivity contribution in [1.29, 1.82) is 0 Å². The summed E-state index contributed by atoms with van der Waals surface area (Å²) in [5.41, 5.74) is 2.49. The number of guanidine groups is 1. The number of amides is 1. The Morgan fingerprint density at radius 1 is 0.969 bits per heavy atom. The molecule has 0 atom stereocenters. The molecule has 32 heavy (non-hydrogen) atoms. The van der Waals surface area contributed by atoms with Gasteiger partial charge >= 0.3 is 0 Å². The summed E-state index contributed by atoms with van der Waals surface area (Å²) >= 11 is 0. The van der Waals surface area contributed by atoms with Crippen LogP contribution in [0.4, 0.5) is 0 Å². The molecular formula is C23H38N6O3. The van der Waals surface area contributed by atoms with Crippen molar-refractivity contribution in [2.75, 3.05) is 86.3 Å². The summed E-state index contributed by atoms with van der Waals surface area (Å²) in [5, 5.41) is 6.58. The lowest BCUT2D eigenvalue weighted by Crippen LogP contribution is -2.46. The topological polar surface area (TPSA) is 81.7 Å². The van der Waals surface area contributed by atoms with E-state index in [0.717, 1.165) is 72.2 Å². The fraction of sp³-hybridized carbons (Fsp3) is 0.652. The highest BCUT2D eigenvalue weighted by atomic mass is 16.5. The Kier molecular flexibility index (Phi) is 10.2. The summed E-state index contributed by atoms with van der Waals surface area (Å²) in [6.07, 6.45) is 0. The molecule has 9 heteroatoms. The van der Waals surface area contributed by atoms with Crippen molar-refractivity contribution < 1.29 is 14.3 Å². The van der Waals surface area contributed by atoms with Gasteiger partial charge in [-0.2, -0.15) is 0 Å². The predicted octanol–water partition coefficient (Wildman–Crippen LogP) is -0.0256. The van der Waals surface area contributed by atoms with Crippen molar-refractivity contribution in [2.24, 2.45) is 4.99 Å². The van der Waals surface area contributed by atoms with Crippen LogP contribution in [0, 0.1) is 0 Å². The van der Waals surface area contributed by atoms with Crippen LogP contribution >= 0.6 is 0 Å². The van der Waals surface area contributed by atoms with E-state index in [2.05, 4.69) is 44.7 Å². The Morgan fingerprint density at radius 2 is 1.59 bits per heavy atom. The molecule has 0 aromatic heterocycles. The minimum atomic E-state index is 0.0143. The number of nitrogens with zero attached hydrogens (tertiary/aromatic N) is 4. The molecule has 2 saturated heterocycles. The second-order valence-corrected chi connectivity index (χ2v) is 8.34. The lowest BCUT2D eigenvalue weighted by molar-refractivity contribution is -0.127. The monoisotopic (exact) mass is 446 g/mol. The van der Waals surface area contributed by atoms with Crippen LogP contribution < -0.4 is 10.6 Å². The smallest absolute Gasteiger partial charge is 0.241 e. The van der Waals surface area contributed by atoms with Crippen molar-refractivity contribution in [3.05, 3.63) is 35.4 Å². The van der Waals surface area contributed by atoms with Crippen molar-refractivity contribution >= 4 is 11.9 Å². The van der Waals surface area contributed by atoms with Crippen molar-refractivity contribution in [2.45, 2.75) is 13.1 Å². The maximum absolute atomic E-state index is 12.1.